The van der Waals surface area contributed by atoms with Gasteiger partial charge in [-0.25, -0.2) is 0 Å². The predicted molar refractivity (Wildman–Crippen MR) is 234 cm³/mol. The van der Waals surface area contributed by atoms with Gasteiger partial charge in [-0.3, -0.25) is 0 Å². The standard InChI is InChI=1S/C48H82S2/c1-3-5-7-9-11-13-15-17-19-21-23-25-27-29-31-33-35-37-39-41-43-45-47-49-50-48-46-44-42-40-38-36-34-32-30-28-26-24-22-20-18-16-14-12-10-8-6-4-2/h3-32,41-48H2,1-2H3. The first kappa shape index (κ1) is 48.9. The second-order valence-electron chi connectivity index (χ2n) is 14.5. The minimum Gasteiger partial charge on any atom is -0.0942 e. The molecule has 0 rings (SSSR count). The van der Waals surface area contributed by atoms with E-state index in [1.165, 1.54) is 217 Å². The normalized spacial score (nSPS) is 10.4. The highest BCUT2D eigenvalue weighted by molar-refractivity contribution is 8.76. The Bertz CT molecular complexity index is 829. The van der Waals surface area contributed by atoms with Crippen molar-refractivity contribution < 1.29 is 0 Å². The van der Waals surface area contributed by atoms with Gasteiger partial charge in [-0.05, 0) is 62.2 Å². The van der Waals surface area contributed by atoms with E-state index >= 15 is 0 Å². The third kappa shape index (κ3) is 46.9. The molecule has 0 radical (unpaired) electrons. The molecule has 0 saturated heterocycles. The zero-order valence-electron chi connectivity index (χ0n) is 33.7. The van der Waals surface area contributed by atoms with Gasteiger partial charge in [-0.1, -0.05) is 226 Å². The summed E-state index contributed by atoms with van der Waals surface area (Å²) in [4.78, 5) is 0. The summed E-state index contributed by atoms with van der Waals surface area (Å²) in [5, 5.41) is 0. The molecule has 2 heteroatoms. The van der Waals surface area contributed by atoms with Crippen molar-refractivity contribution in [1.82, 2.24) is 0 Å². The monoisotopic (exact) mass is 723 g/mol. The molecule has 0 aromatic heterocycles. The van der Waals surface area contributed by atoms with Crippen LogP contribution in [0.15, 0.2) is 0 Å². The summed E-state index contributed by atoms with van der Waals surface area (Å²) in [5.41, 5.74) is 0. The lowest BCUT2D eigenvalue weighted by Crippen LogP contribution is -1.83. The topological polar surface area (TPSA) is 0 Å². The van der Waals surface area contributed by atoms with Gasteiger partial charge < -0.3 is 0 Å². The van der Waals surface area contributed by atoms with Crippen LogP contribution in [0, 0.1) is 47.4 Å². The van der Waals surface area contributed by atoms with Gasteiger partial charge in [0.2, 0.25) is 0 Å². The zero-order chi connectivity index (χ0) is 35.9. The Hall–Kier alpha value is -1.06. The van der Waals surface area contributed by atoms with Crippen LogP contribution in [0.25, 0.3) is 0 Å². The molecule has 0 aromatic carbocycles. The molecule has 0 aliphatic carbocycles. The summed E-state index contributed by atoms with van der Waals surface area (Å²) in [5.74, 6) is 27.7. The van der Waals surface area contributed by atoms with Gasteiger partial charge >= 0.3 is 0 Å². The summed E-state index contributed by atoms with van der Waals surface area (Å²) in [7, 11) is 4.04. The average Bonchev–Trinajstić information content (AvgIpc) is 3.13. The molecule has 0 aliphatic heterocycles. The molecule has 0 unspecified atom stereocenters. The minimum absolute atomic E-state index is 0.986. The van der Waals surface area contributed by atoms with Crippen molar-refractivity contribution in [2.24, 2.45) is 0 Å². The molecule has 0 fully saturated rings. The van der Waals surface area contributed by atoms with Gasteiger partial charge in [-0.15, -0.1) is 0 Å². The fraction of sp³-hybridized carbons (Fsp3) is 0.833. The highest BCUT2D eigenvalue weighted by atomic mass is 33.1. The van der Waals surface area contributed by atoms with Crippen LogP contribution in [0.3, 0.4) is 0 Å². The summed E-state index contributed by atoms with van der Waals surface area (Å²) in [6.07, 6.45) is 48.3. The van der Waals surface area contributed by atoms with E-state index in [0.29, 0.717) is 0 Å². The van der Waals surface area contributed by atoms with Gasteiger partial charge in [0.1, 0.15) is 0 Å². The molecule has 0 N–H and O–H groups in total. The SMILES string of the molecule is CCCCCCCCCCCCCCCCC#CC#CCCCCSSCCCCC#CC#CCCCCCCCCCCCCCCCC. The fourth-order valence-corrected chi connectivity index (χ4v) is 8.40. The Balaban J connectivity index is 3.29. The molecular weight excluding hydrogens is 641 g/mol. The van der Waals surface area contributed by atoms with Gasteiger partial charge in [0.25, 0.3) is 0 Å². The van der Waals surface area contributed by atoms with Crippen LogP contribution in [-0.4, -0.2) is 11.5 Å². The largest absolute Gasteiger partial charge is 0.0942 e. The van der Waals surface area contributed by atoms with E-state index in [9.17, 15) is 0 Å². The van der Waals surface area contributed by atoms with E-state index < -0.39 is 0 Å². The lowest BCUT2D eigenvalue weighted by molar-refractivity contribution is 0.536. The van der Waals surface area contributed by atoms with Gasteiger partial charge in [0, 0.05) is 37.2 Å². The molecule has 0 amide bonds. The molecule has 286 valence electrons. The summed E-state index contributed by atoms with van der Waals surface area (Å²) >= 11 is 0. The second kappa shape index (κ2) is 47.9. The van der Waals surface area contributed by atoms with Crippen LogP contribution in [0.2, 0.25) is 0 Å². The van der Waals surface area contributed by atoms with Crippen LogP contribution in [0.1, 0.15) is 245 Å². The minimum atomic E-state index is 0.986. The van der Waals surface area contributed by atoms with E-state index in [-0.39, 0.29) is 0 Å². The lowest BCUT2D eigenvalue weighted by Gasteiger charge is -2.02. The summed E-state index contributed by atoms with van der Waals surface area (Å²) in [6.45, 7) is 4.59. The molecule has 0 aromatic rings. The lowest BCUT2D eigenvalue weighted by atomic mass is 10.0. The second-order valence-corrected chi connectivity index (χ2v) is 17.2. The van der Waals surface area contributed by atoms with Crippen LogP contribution < -0.4 is 0 Å². The molecule has 0 saturated carbocycles. The third-order valence-electron chi connectivity index (χ3n) is 9.43. The Morgan fingerprint density at radius 2 is 0.440 bits per heavy atom. The van der Waals surface area contributed by atoms with E-state index in [1.807, 2.05) is 21.6 Å². The van der Waals surface area contributed by atoms with Crippen LogP contribution >= 0.6 is 21.6 Å². The van der Waals surface area contributed by atoms with Crippen LogP contribution in [-0.2, 0) is 0 Å². The molecule has 0 bridgehead atoms. The van der Waals surface area contributed by atoms with E-state index in [2.05, 4.69) is 61.2 Å². The Kier molecular flexibility index (Phi) is 46.9. The average molecular weight is 723 g/mol. The van der Waals surface area contributed by atoms with Crippen molar-refractivity contribution in [3.05, 3.63) is 0 Å². The maximum atomic E-state index is 3.26. The van der Waals surface area contributed by atoms with Crippen LogP contribution in [0.4, 0.5) is 0 Å². The van der Waals surface area contributed by atoms with Crippen molar-refractivity contribution in [3.8, 4) is 47.4 Å². The van der Waals surface area contributed by atoms with Gasteiger partial charge in [0.15, 0.2) is 0 Å². The number of rotatable bonds is 37. The smallest absolute Gasteiger partial charge is 0.00992 e. The molecule has 0 aliphatic rings. The fourth-order valence-electron chi connectivity index (χ4n) is 6.11. The molecule has 0 atom stereocenters. The zero-order valence-corrected chi connectivity index (χ0v) is 35.3. The number of unbranched alkanes of at least 4 members (excludes halogenated alkanes) is 32. The molecule has 0 spiro atoms. The summed E-state index contributed by atoms with van der Waals surface area (Å²) in [6, 6.07) is 0. The van der Waals surface area contributed by atoms with E-state index in [1.54, 1.807) is 0 Å². The Labute approximate surface area is 324 Å². The Morgan fingerprint density at radius 3 is 0.680 bits per heavy atom. The maximum Gasteiger partial charge on any atom is 0.00992 e. The van der Waals surface area contributed by atoms with Crippen molar-refractivity contribution in [2.45, 2.75) is 245 Å². The highest BCUT2D eigenvalue weighted by Gasteiger charge is 1.96. The van der Waals surface area contributed by atoms with Crippen molar-refractivity contribution in [1.29, 1.82) is 0 Å². The van der Waals surface area contributed by atoms with Gasteiger partial charge in [0.05, 0.1) is 0 Å². The first-order valence-electron chi connectivity index (χ1n) is 22.1. The van der Waals surface area contributed by atoms with Crippen molar-refractivity contribution in [2.75, 3.05) is 11.5 Å². The first-order chi connectivity index (χ1) is 24.9. The first-order valence-corrected chi connectivity index (χ1v) is 24.6. The van der Waals surface area contributed by atoms with E-state index in [0.717, 1.165) is 25.7 Å². The number of hydrogen-bond acceptors (Lipinski definition) is 2. The third-order valence-corrected chi connectivity index (χ3v) is 12.0. The maximum absolute atomic E-state index is 3.26. The molecule has 0 heterocycles. The molecule has 50 heavy (non-hydrogen) atoms. The van der Waals surface area contributed by atoms with Crippen LogP contribution in [0.5, 0.6) is 0 Å². The number of hydrogen-bond donors (Lipinski definition) is 0. The highest BCUT2D eigenvalue weighted by Crippen LogP contribution is 2.24. The molecule has 0 nitrogen and oxygen atoms in total. The van der Waals surface area contributed by atoms with Crippen molar-refractivity contribution in [3.63, 3.8) is 0 Å². The van der Waals surface area contributed by atoms with Gasteiger partial charge in [-0.2, -0.15) is 0 Å². The quantitative estimate of drug-likeness (QED) is 0.0356. The van der Waals surface area contributed by atoms with Crippen molar-refractivity contribution >= 4 is 21.6 Å². The predicted octanol–water partition coefficient (Wildman–Crippen LogP) is 16.5. The summed E-state index contributed by atoms with van der Waals surface area (Å²) < 4.78 is 0. The van der Waals surface area contributed by atoms with E-state index in [4.69, 9.17) is 0 Å². The molecular formula is C48H82S2. The Morgan fingerprint density at radius 1 is 0.240 bits per heavy atom.